The predicted octanol–water partition coefficient (Wildman–Crippen LogP) is 6.61. The Balaban J connectivity index is 1.72. The van der Waals surface area contributed by atoms with Crippen molar-refractivity contribution in [3.05, 3.63) is 100 Å². The van der Waals surface area contributed by atoms with Gasteiger partial charge in [0, 0.05) is 28.7 Å². The van der Waals surface area contributed by atoms with Crippen LogP contribution < -0.4 is 4.73 Å². The van der Waals surface area contributed by atoms with Gasteiger partial charge in [0.1, 0.15) is 5.82 Å². The highest BCUT2D eigenvalue weighted by molar-refractivity contribution is 5.38. The van der Waals surface area contributed by atoms with Crippen molar-refractivity contribution in [2.24, 2.45) is 0 Å². The van der Waals surface area contributed by atoms with Gasteiger partial charge in [-0.2, -0.15) is 26.3 Å². The number of hydrogen-bond acceptors (Lipinski definition) is 2. The predicted molar refractivity (Wildman–Crippen MR) is 110 cm³/mol. The molecule has 35 heavy (non-hydrogen) atoms. The Morgan fingerprint density at radius 2 is 1.54 bits per heavy atom. The fourth-order valence-corrected chi connectivity index (χ4v) is 4.50. The summed E-state index contributed by atoms with van der Waals surface area (Å²) in [4.78, 5) is 0. The van der Waals surface area contributed by atoms with E-state index in [1.54, 1.807) is 12.1 Å². The van der Waals surface area contributed by atoms with Gasteiger partial charge in [0.15, 0.2) is 0 Å². The van der Waals surface area contributed by atoms with Crippen molar-refractivity contribution in [3.8, 4) is 0 Å². The first-order chi connectivity index (χ1) is 16.3. The highest BCUT2D eigenvalue weighted by atomic mass is 19.4. The Hall–Kier alpha value is -3.14. The summed E-state index contributed by atoms with van der Waals surface area (Å²) in [5, 5.41) is 10.2. The summed E-state index contributed by atoms with van der Waals surface area (Å²) < 4.78 is 100. The molecule has 0 unspecified atom stereocenters. The average Bonchev–Trinajstić information content (AvgIpc) is 2.78. The average molecular weight is 500 g/mol. The molecule has 2 aromatic carbocycles. The summed E-state index contributed by atoms with van der Waals surface area (Å²) in [5.74, 6) is -1.00. The van der Waals surface area contributed by atoms with Crippen LogP contribution >= 0.6 is 0 Å². The molecule has 0 bridgehead atoms. The molecule has 0 radical (unpaired) electrons. The van der Waals surface area contributed by atoms with Crippen LogP contribution in [-0.4, -0.2) is 11.3 Å². The SMILES string of the molecule is C[C@@H](O[C@H]1CCc2c(ccc[n+]2O)[C@H]1c1ccc(F)cc1)c1cc(C(F)(F)F)cc(C(F)(F)F)c1. The van der Waals surface area contributed by atoms with Gasteiger partial charge in [0.25, 0.3) is 0 Å². The first kappa shape index (κ1) is 25.0. The highest BCUT2D eigenvalue weighted by Gasteiger charge is 2.40. The van der Waals surface area contributed by atoms with Crippen LogP contribution in [0.3, 0.4) is 0 Å². The molecule has 1 aliphatic carbocycles. The van der Waals surface area contributed by atoms with Crippen molar-refractivity contribution < 1.29 is 45.4 Å². The molecule has 1 N–H and O–H groups in total. The van der Waals surface area contributed by atoms with Crippen molar-refractivity contribution in [1.29, 1.82) is 0 Å². The van der Waals surface area contributed by atoms with Crippen LogP contribution in [0.5, 0.6) is 0 Å². The number of nitrogens with zero attached hydrogens (tertiary/aromatic N) is 1. The van der Waals surface area contributed by atoms with E-state index in [1.165, 1.54) is 37.4 Å². The Morgan fingerprint density at radius 3 is 2.11 bits per heavy atom. The van der Waals surface area contributed by atoms with Gasteiger partial charge in [-0.25, -0.2) is 4.39 Å². The van der Waals surface area contributed by atoms with Crippen molar-refractivity contribution in [3.63, 3.8) is 0 Å². The number of pyridine rings is 1. The molecule has 186 valence electrons. The summed E-state index contributed by atoms with van der Waals surface area (Å²) in [6.07, 6.45) is -9.57. The van der Waals surface area contributed by atoms with E-state index in [2.05, 4.69) is 0 Å². The van der Waals surface area contributed by atoms with E-state index in [0.717, 1.165) is 4.73 Å². The Labute approximate surface area is 196 Å². The van der Waals surface area contributed by atoms with E-state index in [-0.39, 0.29) is 11.6 Å². The minimum atomic E-state index is -4.97. The molecule has 0 spiro atoms. The minimum Gasteiger partial charge on any atom is -0.370 e. The number of rotatable bonds is 4. The van der Waals surface area contributed by atoms with E-state index in [0.29, 0.717) is 41.8 Å². The van der Waals surface area contributed by atoms with Crippen LogP contribution in [-0.2, 0) is 23.5 Å². The standard InChI is InChI=1S/C25H21F7NO2/c1-14(16-11-17(24(27,28)29)13-18(12-16)25(30,31)32)35-22-9-8-21-20(3-2-10-33(21)34)23(22)15-4-6-19(26)7-5-15/h2-7,10-14,22-23,34H,8-9H2,1H3/q+1/t14-,22+,23-/m1/s1. The Bertz CT molecular complexity index is 1170. The monoisotopic (exact) mass is 500 g/mol. The third-order valence-electron chi connectivity index (χ3n) is 6.17. The van der Waals surface area contributed by atoms with Crippen LogP contribution in [0.15, 0.2) is 60.8 Å². The van der Waals surface area contributed by atoms with Crippen molar-refractivity contribution in [2.75, 3.05) is 0 Å². The van der Waals surface area contributed by atoms with Crippen LogP contribution in [0, 0.1) is 5.82 Å². The Kier molecular flexibility index (Phi) is 6.52. The zero-order valence-electron chi connectivity index (χ0n) is 18.4. The summed E-state index contributed by atoms with van der Waals surface area (Å²) in [6.45, 7) is 1.39. The van der Waals surface area contributed by atoms with E-state index in [1.807, 2.05) is 0 Å². The number of hydrogen-bond donors (Lipinski definition) is 1. The Morgan fingerprint density at radius 1 is 0.943 bits per heavy atom. The maximum Gasteiger partial charge on any atom is 0.416 e. The molecule has 0 aliphatic heterocycles. The topological polar surface area (TPSA) is 33.3 Å². The lowest BCUT2D eigenvalue weighted by atomic mass is 9.78. The maximum atomic E-state index is 13.6. The van der Waals surface area contributed by atoms with E-state index >= 15 is 0 Å². The quantitative estimate of drug-likeness (QED) is 0.248. The lowest BCUT2D eigenvalue weighted by molar-refractivity contribution is -0.910. The molecule has 4 rings (SSSR count). The van der Waals surface area contributed by atoms with Gasteiger partial charge in [-0.3, -0.25) is 5.21 Å². The molecular weight excluding hydrogens is 479 g/mol. The number of aromatic nitrogens is 1. The molecule has 1 heterocycles. The number of halogens is 7. The number of ether oxygens (including phenoxy) is 1. The van der Waals surface area contributed by atoms with Gasteiger partial charge < -0.3 is 4.74 Å². The highest BCUT2D eigenvalue weighted by Crippen LogP contribution is 2.41. The number of alkyl halides is 6. The van der Waals surface area contributed by atoms with E-state index in [9.17, 15) is 35.9 Å². The zero-order chi connectivity index (χ0) is 25.5. The minimum absolute atomic E-state index is 0.0778. The van der Waals surface area contributed by atoms with E-state index in [4.69, 9.17) is 4.74 Å². The van der Waals surface area contributed by atoms with Gasteiger partial charge >= 0.3 is 12.4 Å². The summed E-state index contributed by atoms with van der Waals surface area (Å²) in [5.41, 5.74) is -1.19. The molecule has 0 amide bonds. The summed E-state index contributed by atoms with van der Waals surface area (Å²) >= 11 is 0. The van der Waals surface area contributed by atoms with Crippen LogP contribution in [0.2, 0.25) is 0 Å². The second-order valence-electron chi connectivity index (χ2n) is 8.48. The van der Waals surface area contributed by atoms with Crippen LogP contribution in [0.25, 0.3) is 0 Å². The van der Waals surface area contributed by atoms with Gasteiger partial charge in [-0.05, 0) is 60.9 Å². The molecule has 0 saturated heterocycles. The lowest BCUT2D eigenvalue weighted by Crippen LogP contribution is -2.41. The molecule has 0 fully saturated rings. The molecular formula is C25H21F7NO2+. The van der Waals surface area contributed by atoms with E-state index < -0.39 is 47.4 Å². The van der Waals surface area contributed by atoms with Gasteiger partial charge in [-0.1, -0.05) is 12.1 Å². The summed E-state index contributed by atoms with van der Waals surface area (Å²) in [7, 11) is 0. The molecule has 3 aromatic rings. The molecule has 10 heteroatoms. The van der Waals surface area contributed by atoms with Crippen LogP contribution in [0.4, 0.5) is 30.7 Å². The normalized spacial score (nSPS) is 19.3. The smallest absolute Gasteiger partial charge is 0.370 e. The molecule has 1 aromatic heterocycles. The number of benzene rings is 2. The summed E-state index contributed by atoms with van der Waals surface area (Å²) in [6, 6.07) is 10.3. The zero-order valence-corrected chi connectivity index (χ0v) is 18.4. The fraction of sp³-hybridized carbons (Fsp3) is 0.320. The molecule has 3 atom stereocenters. The van der Waals surface area contributed by atoms with Crippen LogP contribution in [0.1, 0.15) is 58.9 Å². The second-order valence-corrected chi connectivity index (χ2v) is 8.48. The van der Waals surface area contributed by atoms with Crippen molar-refractivity contribution in [2.45, 2.75) is 50.2 Å². The lowest BCUT2D eigenvalue weighted by Gasteiger charge is -2.34. The largest absolute Gasteiger partial charge is 0.416 e. The molecule has 0 saturated carbocycles. The number of fused-ring (bicyclic) bond motifs is 1. The fourth-order valence-electron chi connectivity index (χ4n) is 4.50. The maximum absolute atomic E-state index is 13.6. The van der Waals surface area contributed by atoms with Crippen molar-refractivity contribution >= 4 is 0 Å². The van der Waals surface area contributed by atoms with Gasteiger partial charge in [-0.15, -0.1) is 0 Å². The first-order valence-electron chi connectivity index (χ1n) is 10.8. The third kappa shape index (κ3) is 5.27. The van der Waals surface area contributed by atoms with Gasteiger partial charge in [0.05, 0.1) is 23.3 Å². The van der Waals surface area contributed by atoms with Crippen molar-refractivity contribution in [1.82, 2.24) is 0 Å². The second kappa shape index (κ2) is 9.14. The first-order valence-corrected chi connectivity index (χ1v) is 10.8. The van der Waals surface area contributed by atoms with Gasteiger partial charge in [0.2, 0.25) is 11.9 Å². The molecule has 3 nitrogen and oxygen atoms in total. The molecule has 1 aliphatic rings. The third-order valence-corrected chi connectivity index (χ3v) is 6.17.